The largest absolute Gasteiger partial charge is 0.146 e. The smallest absolute Gasteiger partial charge is 0.129 e. The molecule has 0 aliphatic rings. The molecule has 0 radical (unpaired) electrons. The summed E-state index contributed by atoms with van der Waals surface area (Å²) in [7, 11) is -1.55. The van der Waals surface area contributed by atoms with Crippen LogP contribution in [-0.4, -0.2) is 18.8 Å². The molecule has 0 spiro atoms. The van der Waals surface area contributed by atoms with E-state index in [-0.39, 0.29) is 0 Å². The van der Waals surface area contributed by atoms with Gasteiger partial charge in [-0.25, -0.2) is 0 Å². The fraction of sp³-hybridized carbons (Fsp3) is 0.867. The lowest BCUT2D eigenvalue weighted by Crippen LogP contribution is -2.43. The Bertz CT molecular complexity index is 267. The number of rotatable bonds is 6. The molecule has 0 aliphatic carbocycles. The quantitative estimate of drug-likeness (QED) is 0.313. The van der Waals surface area contributed by atoms with Crippen LogP contribution in [0.15, 0.2) is 0 Å². The van der Waals surface area contributed by atoms with Gasteiger partial charge in [-0.2, -0.15) is 0 Å². The van der Waals surface area contributed by atoms with E-state index >= 15 is 0 Å². The Morgan fingerprint density at radius 3 is 1.78 bits per heavy atom. The second-order valence-corrected chi connectivity index (χ2v) is 13.0. The maximum absolute atomic E-state index is 5.73. The average Bonchev–Trinajstić information content (AvgIpc) is 2.25. The van der Waals surface area contributed by atoms with Crippen molar-refractivity contribution in [3.8, 4) is 11.5 Å². The highest BCUT2D eigenvalue weighted by molar-refractivity contribution is 9.09. The molecule has 0 bridgehead atoms. The van der Waals surface area contributed by atoms with Crippen molar-refractivity contribution in [2.24, 2.45) is 0 Å². The summed E-state index contributed by atoms with van der Waals surface area (Å²) in [6, 6.07) is 0. The van der Waals surface area contributed by atoms with Crippen LogP contribution in [0.2, 0.25) is 16.6 Å². The fourth-order valence-corrected chi connectivity index (χ4v) is 9.06. The van der Waals surface area contributed by atoms with Crippen molar-refractivity contribution in [2.45, 2.75) is 75.8 Å². The lowest BCUT2D eigenvalue weighted by atomic mass is 10.3. The first-order valence-electron chi connectivity index (χ1n) is 7.01. The van der Waals surface area contributed by atoms with Gasteiger partial charge in [-0.3, -0.25) is 0 Å². The molecule has 0 fully saturated rings. The highest BCUT2D eigenvalue weighted by Crippen LogP contribution is 2.40. The van der Waals surface area contributed by atoms with Crippen molar-refractivity contribution in [3.63, 3.8) is 0 Å². The number of hydrogen-bond donors (Lipinski definition) is 0. The van der Waals surface area contributed by atoms with Crippen molar-refractivity contribution in [1.29, 1.82) is 0 Å². The van der Waals surface area contributed by atoms with Crippen molar-refractivity contribution < 1.29 is 0 Å². The minimum absolute atomic E-state index is 0.305. The molecule has 0 aromatic heterocycles. The molecule has 0 heterocycles. The number of halogens is 2. The monoisotopic (exact) mass is 350 g/mol. The van der Waals surface area contributed by atoms with Gasteiger partial charge in [0.15, 0.2) is 0 Å². The Hall–Kier alpha value is 0.547. The third kappa shape index (κ3) is 4.91. The third-order valence-electron chi connectivity index (χ3n) is 3.90. The summed E-state index contributed by atoms with van der Waals surface area (Å²) in [5.41, 5.74) is 5.86. The van der Waals surface area contributed by atoms with Gasteiger partial charge < -0.3 is 0 Å². The van der Waals surface area contributed by atoms with Crippen LogP contribution in [0.3, 0.4) is 0 Å². The maximum atomic E-state index is 5.73. The van der Waals surface area contributed by atoms with Crippen LogP contribution < -0.4 is 0 Å². The van der Waals surface area contributed by atoms with Gasteiger partial charge in [-0.1, -0.05) is 63.4 Å². The first-order valence-corrected chi connectivity index (χ1v) is 10.7. The number of alkyl halides is 2. The van der Waals surface area contributed by atoms with Gasteiger partial charge in [0, 0.05) is 5.88 Å². The number of hydrogen-bond acceptors (Lipinski definition) is 0. The molecule has 0 aromatic rings. The summed E-state index contributed by atoms with van der Waals surface area (Å²) >= 11 is 9.40. The highest BCUT2D eigenvalue weighted by atomic mass is 79.9. The van der Waals surface area contributed by atoms with E-state index in [1.807, 2.05) is 0 Å². The molecule has 0 aliphatic heterocycles. The van der Waals surface area contributed by atoms with E-state index < -0.39 is 8.07 Å². The van der Waals surface area contributed by atoms with Crippen LogP contribution in [0.1, 0.15) is 54.4 Å². The molecule has 0 rings (SSSR count). The zero-order valence-corrected chi connectivity index (χ0v) is 16.0. The Kier molecular flexibility index (Phi) is 8.93. The molecule has 3 heteroatoms. The maximum Gasteiger partial charge on any atom is 0.146 e. The molecule has 0 N–H and O–H groups in total. The van der Waals surface area contributed by atoms with Crippen LogP contribution in [0.5, 0.6) is 0 Å². The summed E-state index contributed by atoms with van der Waals surface area (Å²) in [5.74, 6) is 4.20. The fourth-order valence-electron chi connectivity index (χ4n) is 2.96. The molecule has 1 unspecified atom stereocenters. The van der Waals surface area contributed by atoms with E-state index in [4.69, 9.17) is 11.6 Å². The van der Waals surface area contributed by atoms with E-state index in [9.17, 15) is 0 Å². The second kappa shape index (κ2) is 8.66. The van der Waals surface area contributed by atoms with Crippen LogP contribution in [0.25, 0.3) is 0 Å². The van der Waals surface area contributed by atoms with Gasteiger partial charge in [-0.15, -0.1) is 17.1 Å². The van der Waals surface area contributed by atoms with Crippen LogP contribution in [-0.2, 0) is 0 Å². The van der Waals surface area contributed by atoms with Gasteiger partial charge in [-0.05, 0) is 29.5 Å². The lowest BCUT2D eigenvalue weighted by molar-refractivity contribution is 0.835. The van der Waals surface area contributed by atoms with E-state index in [0.29, 0.717) is 21.5 Å². The molecule has 0 saturated carbocycles. The third-order valence-corrected chi connectivity index (χ3v) is 11.2. The van der Waals surface area contributed by atoms with Gasteiger partial charge in [0.25, 0.3) is 0 Å². The minimum atomic E-state index is -1.55. The Morgan fingerprint density at radius 2 is 1.44 bits per heavy atom. The molecule has 18 heavy (non-hydrogen) atoms. The van der Waals surface area contributed by atoms with Gasteiger partial charge in [0.05, 0.1) is 4.83 Å². The molecular formula is C15H28BrClSi. The van der Waals surface area contributed by atoms with Crippen molar-refractivity contribution in [1.82, 2.24) is 0 Å². The Morgan fingerprint density at radius 1 is 1.00 bits per heavy atom. The van der Waals surface area contributed by atoms with Crippen LogP contribution in [0, 0.1) is 11.5 Å². The van der Waals surface area contributed by atoms with E-state index in [2.05, 4.69) is 68.9 Å². The summed E-state index contributed by atoms with van der Waals surface area (Å²) in [5, 5.41) is 0. The van der Waals surface area contributed by atoms with Crippen molar-refractivity contribution in [3.05, 3.63) is 0 Å². The molecule has 0 saturated heterocycles. The summed E-state index contributed by atoms with van der Waals surface area (Å²) in [6.45, 7) is 14.1. The predicted molar refractivity (Wildman–Crippen MR) is 91.5 cm³/mol. The second-order valence-electron chi connectivity index (χ2n) is 5.97. The average molecular weight is 352 g/mol. The van der Waals surface area contributed by atoms with Crippen LogP contribution >= 0.6 is 27.5 Å². The van der Waals surface area contributed by atoms with E-state index in [1.54, 1.807) is 0 Å². The summed E-state index contributed by atoms with van der Waals surface area (Å²) in [4.78, 5) is 0.305. The predicted octanol–water partition coefficient (Wildman–Crippen LogP) is 5.99. The zero-order valence-electron chi connectivity index (χ0n) is 12.7. The zero-order chi connectivity index (χ0) is 14.3. The van der Waals surface area contributed by atoms with Crippen molar-refractivity contribution in [2.75, 3.05) is 5.88 Å². The lowest BCUT2D eigenvalue weighted by Gasteiger charge is -2.38. The molecule has 0 nitrogen and oxygen atoms in total. The topological polar surface area (TPSA) is 0 Å². The van der Waals surface area contributed by atoms with Gasteiger partial charge >= 0.3 is 0 Å². The standard InChI is InChI=1S/C15H28BrClSi/c1-12(2)18(13(3)4,14(5)6)11-9-15(16)8-7-10-17/h12-15H,7-8,10H2,1-6H3. The molecular weight excluding hydrogens is 324 g/mol. The van der Waals surface area contributed by atoms with Gasteiger partial charge in [0.2, 0.25) is 0 Å². The summed E-state index contributed by atoms with van der Waals surface area (Å²) in [6.07, 6.45) is 2.08. The first-order chi connectivity index (χ1) is 8.28. The summed E-state index contributed by atoms with van der Waals surface area (Å²) < 4.78 is 0. The minimum Gasteiger partial charge on any atom is -0.129 e. The molecule has 0 amide bonds. The molecule has 0 aromatic carbocycles. The van der Waals surface area contributed by atoms with Crippen LogP contribution in [0.4, 0.5) is 0 Å². The highest BCUT2D eigenvalue weighted by Gasteiger charge is 2.41. The van der Waals surface area contributed by atoms with Gasteiger partial charge in [0.1, 0.15) is 8.07 Å². The normalized spacial score (nSPS) is 13.9. The first kappa shape index (κ1) is 18.5. The Labute approximate surface area is 128 Å². The molecule has 106 valence electrons. The van der Waals surface area contributed by atoms with Crippen molar-refractivity contribution >= 4 is 35.6 Å². The van der Waals surface area contributed by atoms with E-state index in [0.717, 1.165) is 18.7 Å². The van der Waals surface area contributed by atoms with E-state index in [1.165, 1.54) is 0 Å². The molecule has 1 atom stereocenters. The SMILES string of the molecule is CC(C)[Si](C#CC(Br)CCCCl)(C(C)C)C(C)C. The Balaban J connectivity index is 5.06.